The Balaban J connectivity index is 1.13. The van der Waals surface area contributed by atoms with Crippen molar-refractivity contribution in [3.05, 3.63) is 83.8 Å². The zero-order chi connectivity index (χ0) is 22.6. The zero-order valence-corrected chi connectivity index (χ0v) is 19.3. The highest BCUT2D eigenvalue weighted by Crippen LogP contribution is 2.24. The van der Waals surface area contributed by atoms with Crippen LogP contribution in [0.5, 0.6) is 0 Å². The number of aromatic nitrogens is 4. The van der Waals surface area contributed by atoms with Gasteiger partial charge in [0.1, 0.15) is 30.0 Å². The van der Waals surface area contributed by atoms with Crippen LogP contribution in [0.2, 0.25) is 0 Å². The molecule has 0 amide bonds. The van der Waals surface area contributed by atoms with Crippen molar-refractivity contribution < 1.29 is 8.94 Å². The van der Waals surface area contributed by atoms with E-state index in [9.17, 15) is 8.94 Å². The number of halogens is 1. The largest absolute Gasteiger partial charge is 0.616 e. The molecule has 2 aromatic heterocycles. The SMILES string of the molecule is [O-][S+](Cc1ccc(F)cc1)C[C@@H]1CCN(CCc2c[nH]c3ccc(Cn4cncn4)cc23)C1. The Kier molecular flexibility index (Phi) is 6.75. The maximum atomic E-state index is 13.1. The number of rotatable bonds is 9. The standard InChI is InChI=1S/C25H28FN5OS/c26-23-4-1-19(2-5-23)15-33(32)16-21-7-9-30(13-21)10-8-22-12-28-25-6-3-20(11-24(22)25)14-31-18-27-17-29-31/h1-6,11-12,17-18,21,28H,7-10,13-16H2/t21-,33?/m1/s1. The van der Waals surface area contributed by atoms with Crippen molar-refractivity contribution in [2.24, 2.45) is 5.92 Å². The average molecular weight is 466 g/mol. The van der Waals surface area contributed by atoms with Gasteiger partial charge >= 0.3 is 0 Å². The number of benzene rings is 2. The predicted molar refractivity (Wildman–Crippen MR) is 129 cm³/mol. The molecule has 0 bridgehead atoms. The third-order valence-corrected chi connectivity index (χ3v) is 7.87. The highest BCUT2D eigenvalue weighted by Gasteiger charge is 2.26. The second-order valence-corrected chi connectivity index (χ2v) is 10.4. The molecule has 1 N–H and O–H groups in total. The van der Waals surface area contributed by atoms with Crippen LogP contribution in [-0.2, 0) is 29.9 Å². The second kappa shape index (κ2) is 10.1. The maximum absolute atomic E-state index is 13.1. The molecule has 1 aliphatic heterocycles. The van der Waals surface area contributed by atoms with Crippen molar-refractivity contribution in [2.45, 2.75) is 25.1 Å². The van der Waals surface area contributed by atoms with Gasteiger partial charge in [-0.3, -0.25) is 0 Å². The van der Waals surface area contributed by atoms with Gasteiger partial charge in [0, 0.05) is 41.7 Å². The molecular formula is C25H28FN5OS. The molecule has 33 heavy (non-hydrogen) atoms. The summed E-state index contributed by atoms with van der Waals surface area (Å²) in [6.45, 7) is 3.76. The summed E-state index contributed by atoms with van der Waals surface area (Å²) in [4.78, 5) is 9.90. The van der Waals surface area contributed by atoms with Crippen LogP contribution in [-0.4, -0.2) is 54.6 Å². The van der Waals surface area contributed by atoms with Crippen LogP contribution in [0.15, 0.2) is 61.3 Å². The number of nitrogens with one attached hydrogen (secondary N) is 1. The third-order valence-electron chi connectivity index (χ3n) is 6.37. The third kappa shape index (κ3) is 5.63. The fourth-order valence-electron chi connectivity index (χ4n) is 4.65. The Bertz CT molecular complexity index is 1180. The lowest BCUT2D eigenvalue weighted by Crippen LogP contribution is -2.25. The molecule has 172 valence electrons. The smallest absolute Gasteiger partial charge is 0.137 e. The lowest BCUT2D eigenvalue weighted by molar-refractivity contribution is 0.332. The normalized spacial score (nSPS) is 17.7. The van der Waals surface area contributed by atoms with Crippen LogP contribution in [0.1, 0.15) is 23.1 Å². The predicted octanol–water partition coefficient (Wildman–Crippen LogP) is 3.76. The number of H-pyrrole nitrogens is 1. The number of hydrogen-bond donors (Lipinski definition) is 1. The van der Waals surface area contributed by atoms with E-state index in [4.69, 9.17) is 0 Å². The van der Waals surface area contributed by atoms with Crippen molar-refractivity contribution in [3.63, 3.8) is 0 Å². The molecule has 0 aliphatic carbocycles. The molecule has 0 radical (unpaired) electrons. The Morgan fingerprint density at radius 3 is 2.82 bits per heavy atom. The quantitative estimate of drug-likeness (QED) is 0.382. The van der Waals surface area contributed by atoms with Crippen molar-refractivity contribution in [1.82, 2.24) is 24.6 Å². The summed E-state index contributed by atoms with van der Waals surface area (Å²) in [5.74, 6) is 1.43. The fraction of sp³-hybridized carbons (Fsp3) is 0.360. The molecule has 0 spiro atoms. The summed E-state index contributed by atoms with van der Waals surface area (Å²) in [7, 11) is 0. The summed E-state index contributed by atoms with van der Waals surface area (Å²) in [6.07, 6.45) is 7.49. The first-order valence-corrected chi connectivity index (χ1v) is 12.8. The van der Waals surface area contributed by atoms with Crippen LogP contribution in [0.4, 0.5) is 4.39 Å². The molecule has 3 heterocycles. The van der Waals surface area contributed by atoms with Gasteiger partial charge in [0.25, 0.3) is 0 Å². The van der Waals surface area contributed by atoms with Crippen molar-refractivity contribution >= 4 is 22.1 Å². The van der Waals surface area contributed by atoms with Crippen LogP contribution >= 0.6 is 0 Å². The van der Waals surface area contributed by atoms with E-state index >= 15 is 0 Å². The van der Waals surface area contributed by atoms with Gasteiger partial charge < -0.3 is 14.4 Å². The van der Waals surface area contributed by atoms with Crippen molar-refractivity contribution in [2.75, 3.05) is 25.4 Å². The number of aromatic amines is 1. The van der Waals surface area contributed by atoms with Crippen LogP contribution < -0.4 is 0 Å². The lowest BCUT2D eigenvalue weighted by atomic mass is 10.1. The van der Waals surface area contributed by atoms with Gasteiger partial charge in [-0.2, -0.15) is 5.10 Å². The molecule has 2 atom stereocenters. The van der Waals surface area contributed by atoms with Gasteiger partial charge in [0.2, 0.25) is 0 Å². The fourth-order valence-corrected chi connectivity index (χ4v) is 6.13. The summed E-state index contributed by atoms with van der Waals surface area (Å²) in [5.41, 5.74) is 4.63. The summed E-state index contributed by atoms with van der Waals surface area (Å²) in [6, 6.07) is 12.8. The highest BCUT2D eigenvalue weighted by atomic mass is 32.2. The first-order chi connectivity index (χ1) is 16.1. The Hall–Kier alpha value is -2.68. The molecule has 0 saturated carbocycles. The van der Waals surface area contributed by atoms with Gasteiger partial charge in [0.05, 0.1) is 6.54 Å². The Labute approximate surface area is 196 Å². The molecule has 1 fully saturated rings. The van der Waals surface area contributed by atoms with E-state index in [0.29, 0.717) is 24.0 Å². The van der Waals surface area contributed by atoms with E-state index in [-0.39, 0.29) is 5.82 Å². The molecule has 2 aromatic carbocycles. The first kappa shape index (κ1) is 22.1. The summed E-state index contributed by atoms with van der Waals surface area (Å²) >= 11 is -0.917. The van der Waals surface area contributed by atoms with Crippen LogP contribution in [0.3, 0.4) is 0 Å². The molecule has 5 rings (SSSR count). The number of likely N-dealkylation sites (tertiary alicyclic amines) is 1. The second-order valence-electron chi connectivity index (χ2n) is 8.87. The van der Waals surface area contributed by atoms with E-state index in [0.717, 1.165) is 43.6 Å². The lowest BCUT2D eigenvalue weighted by Gasteiger charge is -2.17. The number of nitrogens with zero attached hydrogens (tertiary/aromatic N) is 4. The van der Waals surface area contributed by atoms with Gasteiger partial charge in [-0.15, -0.1) is 0 Å². The molecule has 1 aliphatic rings. The van der Waals surface area contributed by atoms with Gasteiger partial charge in [-0.1, -0.05) is 18.2 Å². The Morgan fingerprint density at radius 1 is 1.15 bits per heavy atom. The highest BCUT2D eigenvalue weighted by molar-refractivity contribution is 7.90. The Morgan fingerprint density at radius 2 is 2.00 bits per heavy atom. The molecule has 1 unspecified atom stereocenters. The molecular weight excluding hydrogens is 437 g/mol. The van der Waals surface area contributed by atoms with E-state index in [1.165, 1.54) is 28.6 Å². The van der Waals surface area contributed by atoms with Gasteiger partial charge in [-0.05, 0) is 66.0 Å². The minimum atomic E-state index is -0.917. The number of hydrogen-bond acceptors (Lipinski definition) is 4. The minimum absolute atomic E-state index is 0.252. The minimum Gasteiger partial charge on any atom is -0.616 e. The van der Waals surface area contributed by atoms with Crippen LogP contribution in [0.25, 0.3) is 10.9 Å². The monoisotopic (exact) mass is 465 g/mol. The average Bonchev–Trinajstić information content (AvgIpc) is 3.56. The molecule has 4 aromatic rings. The topological polar surface area (TPSA) is 72.8 Å². The summed E-state index contributed by atoms with van der Waals surface area (Å²) < 4.78 is 27.5. The summed E-state index contributed by atoms with van der Waals surface area (Å²) in [5, 5.41) is 5.47. The molecule has 6 nitrogen and oxygen atoms in total. The van der Waals surface area contributed by atoms with Crippen molar-refractivity contribution in [1.29, 1.82) is 0 Å². The van der Waals surface area contributed by atoms with Gasteiger partial charge in [0.15, 0.2) is 0 Å². The first-order valence-electron chi connectivity index (χ1n) is 11.4. The van der Waals surface area contributed by atoms with E-state index in [1.807, 2.05) is 4.68 Å². The van der Waals surface area contributed by atoms with E-state index < -0.39 is 11.2 Å². The molecule has 8 heteroatoms. The molecule has 1 saturated heterocycles. The van der Waals surface area contributed by atoms with Crippen molar-refractivity contribution in [3.8, 4) is 0 Å². The zero-order valence-electron chi connectivity index (χ0n) is 18.5. The van der Waals surface area contributed by atoms with Crippen LogP contribution in [0, 0.1) is 11.7 Å². The number of fused-ring (bicyclic) bond motifs is 1. The van der Waals surface area contributed by atoms with E-state index in [1.54, 1.807) is 24.8 Å². The van der Waals surface area contributed by atoms with Gasteiger partial charge in [-0.25, -0.2) is 14.1 Å². The maximum Gasteiger partial charge on any atom is 0.137 e. The van der Waals surface area contributed by atoms with E-state index in [2.05, 4.69) is 44.4 Å².